The number of carboxylic acids is 1. The molecule has 0 aliphatic carbocycles. The molecule has 1 atom stereocenters. The maximum absolute atomic E-state index is 11.2. The van der Waals surface area contributed by atoms with Gasteiger partial charge in [0.1, 0.15) is 6.04 Å². The van der Waals surface area contributed by atoms with E-state index in [2.05, 4.69) is 10.6 Å². The first kappa shape index (κ1) is 11.2. The van der Waals surface area contributed by atoms with Crippen LogP contribution in [-0.4, -0.2) is 35.5 Å². The largest absolute Gasteiger partial charge is 0.478 e. The Labute approximate surface area is 86.3 Å². The fourth-order valence-corrected chi connectivity index (χ4v) is 1.28. The van der Waals surface area contributed by atoms with E-state index in [0.717, 1.165) is 18.6 Å². The van der Waals surface area contributed by atoms with Crippen LogP contribution >= 0.6 is 0 Å². The zero-order valence-corrected chi connectivity index (χ0v) is 8.03. The summed E-state index contributed by atoms with van der Waals surface area (Å²) in [7, 11) is 0. The predicted molar refractivity (Wildman–Crippen MR) is 51.0 cm³/mol. The van der Waals surface area contributed by atoms with Gasteiger partial charge < -0.3 is 15.7 Å². The molecule has 0 saturated carbocycles. The maximum atomic E-state index is 11.2. The molecule has 0 aromatic carbocycles. The summed E-state index contributed by atoms with van der Waals surface area (Å²) in [5.41, 5.74) is 0. The summed E-state index contributed by atoms with van der Waals surface area (Å²) in [6.45, 7) is 0.621. The fraction of sp³-hybridized carbons (Fsp3) is 0.444. The fourth-order valence-electron chi connectivity index (χ4n) is 1.28. The lowest BCUT2D eigenvalue weighted by atomic mass is 10.1. The van der Waals surface area contributed by atoms with Crippen LogP contribution in [0, 0.1) is 0 Å². The molecule has 0 aromatic rings. The first-order valence-corrected chi connectivity index (χ1v) is 4.59. The Balaban J connectivity index is 2.43. The SMILES string of the molecule is O=C(O)/C=C/C(=O)NC1CCCNC1=O. The van der Waals surface area contributed by atoms with E-state index < -0.39 is 17.9 Å². The highest BCUT2D eigenvalue weighted by Crippen LogP contribution is 2.02. The van der Waals surface area contributed by atoms with Crippen molar-refractivity contribution in [2.75, 3.05) is 6.54 Å². The Morgan fingerprint density at radius 2 is 2.20 bits per heavy atom. The molecule has 6 heteroatoms. The number of rotatable bonds is 3. The summed E-state index contributed by atoms with van der Waals surface area (Å²) in [6.07, 6.45) is 3.01. The van der Waals surface area contributed by atoms with Crippen molar-refractivity contribution in [2.24, 2.45) is 0 Å². The van der Waals surface area contributed by atoms with Crippen molar-refractivity contribution in [1.29, 1.82) is 0 Å². The summed E-state index contributed by atoms with van der Waals surface area (Å²) in [5, 5.41) is 13.3. The normalized spacial score (nSPS) is 21.1. The zero-order chi connectivity index (χ0) is 11.3. The number of aliphatic carboxylic acids is 1. The Morgan fingerprint density at radius 3 is 2.80 bits per heavy atom. The topological polar surface area (TPSA) is 95.5 Å². The highest BCUT2D eigenvalue weighted by atomic mass is 16.4. The minimum atomic E-state index is -1.20. The van der Waals surface area contributed by atoms with Crippen molar-refractivity contribution >= 4 is 17.8 Å². The first-order chi connectivity index (χ1) is 7.09. The smallest absolute Gasteiger partial charge is 0.328 e. The van der Waals surface area contributed by atoms with Gasteiger partial charge in [0, 0.05) is 18.7 Å². The molecule has 82 valence electrons. The van der Waals surface area contributed by atoms with Crippen LogP contribution in [0.2, 0.25) is 0 Å². The lowest BCUT2D eigenvalue weighted by Crippen LogP contribution is -2.49. The summed E-state index contributed by atoms with van der Waals surface area (Å²) >= 11 is 0. The third kappa shape index (κ3) is 3.80. The third-order valence-corrected chi connectivity index (χ3v) is 1.98. The molecule has 0 spiro atoms. The summed E-state index contributed by atoms with van der Waals surface area (Å²) < 4.78 is 0. The lowest BCUT2D eigenvalue weighted by molar-refractivity contribution is -0.131. The maximum Gasteiger partial charge on any atom is 0.328 e. The highest BCUT2D eigenvalue weighted by Gasteiger charge is 2.22. The number of hydrogen-bond acceptors (Lipinski definition) is 3. The lowest BCUT2D eigenvalue weighted by Gasteiger charge is -2.21. The second-order valence-electron chi connectivity index (χ2n) is 3.17. The van der Waals surface area contributed by atoms with Crippen LogP contribution < -0.4 is 10.6 Å². The molecule has 6 nitrogen and oxygen atoms in total. The van der Waals surface area contributed by atoms with Crippen LogP contribution in [0.3, 0.4) is 0 Å². The van der Waals surface area contributed by atoms with E-state index in [1.807, 2.05) is 0 Å². The Hall–Kier alpha value is -1.85. The van der Waals surface area contributed by atoms with Crippen molar-refractivity contribution in [3.8, 4) is 0 Å². The van der Waals surface area contributed by atoms with E-state index >= 15 is 0 Å². The second kappa shape index (κ2) is 5.14. The van der Waals surface area contributed by atoms with Crippen LogP contribution in [0.1, 0.15) is 12.8 Å². The number of piperidine rings is 1. The molecule has 1 heterocycles. The van der Waals surface area contributed by atoms with Crippen LogP contribution in [0.15, 0.2) is 12.2 Å². The van der Waals surface area contributed by atoms with Gasteiger partial charge in [0.2, 0.25) is 11.8 Å². The van der Waals surface area contributed by atoms with Crippen LogP contribution in [0.25, 0.3) is 0 Å². The van der Waals surface area contributed by atoms with Crippen molar-refractivity contribution in [2.45, 2.75) is 18.9 Å². The van der Waals surface area contributed by atoms with Crippen molar-refractivity contribution in [1.82, 2.24) is 10.6 Å². The second-order valence-corrected chi connectivity index (χ2v) is 3.17. The quantitative estimate of drug-likeness (QED) is 0.524. The van der Waals surface area contributed by atoms with Gasteiger partial charge in [0.15, 0.2) is 0 Å². The molecule has 1 saturated heterocycles. The molecule has 1 fully saturated rings. The average Bonchev–Trinajstić information content (AvgIpc) is 2.18. The first-order valence-electron chi connectivity index (χ1n) is 4.59. The van der Waals surface area contributed by atoms with E-state index in [1.165, 1.54) is 0 Å². The number of amides is 2. The minimum Gasteiger partial charge on any atom is -0.478 e. The molecule has 0 radical (unpaired) electrons. The van der Waals surface area contributed by atoms with Gasteiger partial charge in [0.25, 0.3) is 0 Å². The number of hydrogen-bond donors (Lipinski definition) is 3. The van der Waals surface area contributed by atoms with Crippen molar-refractivity contribution < 1.29 is 19.5 Å². The molecule has 1 unspecified atom stereocenters. The standard InChI is InChI=1S/C9H12N2O4/c12-7(3-4-8(13)14)11-6-2-1-5-10-9(6)15/h3-4,6H,1-2,5H2,(H,10,15)(H,11,12)(H,13,14)/b4-3+. The highest BCUT2D eigenvalue weighted by molar-refractivity contribution is 5.96. The summed E-state index contributed by atoms with van der Waals surface area (Å²) in [5.74, 6) is -1.99. The van der Waals surface area contributed by atoms with E-state index in [-0.39, 0.29) is 5.91 Å². The number of nitrogens with one attached hydrogen (secondary N) is 2. The van der Waals surface area contributed by atoms with E-state index in [9.17, 15) is 14.4 Å². The summed E-state index contributed by atoms with van der Waals surface area (Å²) in [4.78, 5) is 32.4. The molecule has 0 aromatic heterocycles. The molecular formula is C9H12N2O4. The molecule has 0 bridgehead atoms. The van der Waals surface area contributed by atoms with E-state index in [4.69, 9.17) is 5.11 Å². The van der Waals surface area contributed by atoms with Gasteiger partial charge in [-0.25, -0.2) is 4.79 Å². The van der Waals surface area contributed by atoms with Crippen molar-refractivity contribution in [3.05, 3.63) is 12.2 Å². The third-order valence-electron chi connectivity index (χ3n) is 1.98. The summed E-state index contributed by atoms with van der Waals surface area (Å²) in [6, 6.07) is -0.551. The van der Waals surface area contributed by atoms with Crippen molar-refractivity contribution in [3.63, 3.8) is 0 Å². The van der Waals surface area contributed by atoms with Crippen LogP contribution in [0.5, 0.6) is 0 Å². The van der Waals surface area contributed by atoms with Gasteiger partial charge >= 0.3 is 5.97 Å². The van der Waals surface area contributed by atoms with Gasteiger partial charge in [0.05, 0.1) is 0 Å². The molecule has 2 amide bonds. The van der Waals surface area contributed by atoms with Crippen LogP contribution in [0.4, 0.5) is 0 Å². The molecule has 1 aliphatic heterocycles. The van der Waals surface area contributed by atoms with E-state index in [0.29, 0.717) is 13.0 Å². The Kier molecular flexibility index (Phi) is 3.84. The predicted octanol–water partition coefficient (Wildman–Crippen LogP) is -0.978. The molecule has 1 rings (SSSR count). The minimum absolute atomic E-state index is 0.224. The van der Waals surface area contributed by atoms with Gasteiger partial charge in [-0.3, -0.25) is 9.59 Å². The average molecular weight is 212 g/mol. The molecule has 1 aliphatic rings. The molecule has 15 heavy (non-hydrogen) atoms. The monoisotopic (exact) mass is 212 g/mol. The van der Waals surface area contributed by atoms with Crippen LogP contribution in [-0.2, 0) is 14.4 Å². The van der Waals surface area contributed by atoms with Gasteiger partial charge in [-0.1, -0.05) is 0 Å². The molecule has 3 N–H and O–H groups in total. The van der Waals surface area contributed by atoms with Gasteiger partial charge in [-0.15, -0.1) is 0 Å². The number of carbonyl (C=O) groups is 3. The van der Waals surface area contributed by atoms with Gasteiger partial charge in [-0.2, -0.15) is 0 Å². The zero-order valence-electron chi connectivity index (χ0n) is 8.03. The van der Waals surface area contributed by atoms with E-state index in [1.54, 1.807) is 0 Å². The number of carbonyl (C=O) groups excluding carboxylic acids is 2. The molecular weight excluding hydrogens is 200 g/mol. The number of carboxylic acid groups (broad SMARTS) is 1. The Bertz CT molecular complexity index is 311. The van der Waals surface area contributed by atoms with Gasteiger partial charge in [-0.05, 0) is 12.8 Å². The Morgan fingerprint density at radius 1 is 1.47 bits per heavy atom.